The van der Waals surface area contributed by atoms with E-state index >= 15 is 0 Å². The zero-order valence-electron chi connectivity index (χ0n) is 10.3. The Hall–Kier alpha value is -0.0800. The first kappa shape index (κ1) is 11.0. The molecule has 0 bridgehead atoms. The minimum atomic E-state index is -0.0300. The van der Waals surface area contributed by atoms with Crippen LogP contribution in [-0.2, 0) is 0 Å². The molecule has 1 N–H and O–H groups in total. The molecule has 3 fully saturated rings. The van der Waals surface area contributed by atoms with Crippen molar-refractivity contribution in [1.82, 2.24) is 4.90 Å². The lowest BCUT2D eigenvalue weighted by molar-refractivity contribution is 0.0510. The number of aliphatic hydroxyl groups excluding tert-OH is 1. The molecular weight excluding hydrogens is 198 g/mol. The molecule has 1 unspecified atom stereocenters. The van der Waals surface area contributed by atoms with E-state index in [-0.39, 0.29) is 6.10 Å². The summed E-state index contributed by atoms with van der Waals surface area (Å²) in [6.07, 6.45) is 11.2. The molecule has 0 amide bonds. The fourth-order valence-corrected chi connectivity index (χ4v) is 3.73. The van der Waals surface area contributed by atoms with Gasteiger partial charge in [0.1, 0.15) is 0 Å². The number of rotatable bonds is 3. The highest BCUT2D eigenvalue weighted by Gasteiger charge is 2.38. The van der Waals surface area contributed by atoms with E-state index in [4.69, 9.17) is 0 Å². The molecule has 3 rings (SSSR count). The number of hydrogen-bond donors (Lipinski definition) is 1. The molecule has 1 aliphatic heterocycles. The van der Waals surface area contributed by atoms with Gasteiger partial charge in [-0.3, -0.25) is 0 Å². The third kappa shape index (κ3) is 2.28. The van der Waals surface area contributed by atoms with Crippen LogP contribution in [-0.4, -0.2) is 35.7 Å². The maximum Gasteiger partial charge on any atom is 0.0695 e. The maximum absolute atomic E-state index is 9.96. The van der Waals surface area contributed by atoms with E-state index in [0.717, 1.165) is 12.0 Å². The Labute approximate surface area is 99.0 Å². The molecule has 1 heterocycles. The van der Waals surface area contributed by atoms with Crippen LogP contribution >= 0.6 is 0 Å². The van der Waals surface area contributed by atoms with Gasteiger partial charge in [0.15, 0.2) is 0 Å². The standard InChI is InChI=1S/C14H25NO/c16-13(12-3-4-12)11-15-9-7-14(8-10-15)5-1-2-6-14/h12-13,16H,1-11H2. The number of nitrogens with zero attached hydrogens (tertiary/aromatic N) is 1. The summed E-state index contributed by atoms with van der Waals surface area (Å²) in [6.45, 7) is 3.42. The normalized spacial score (nSPS) is 32.1. The summed E-state index contributed by atoms with van der Waals surface area (Å²) < 4.78 is 0. The van der Waals surface area contributed by atoms with E-state index in [2.05, 4.69) is 4.90 Å². The molecule has 2 aliphatic carbocycles. The number of aliphatic hydroxyl groups is 1. The SMILES string of the molecule is OC(CN1CCC2(CCCC2)CC1)C1CC1. The first-order valence-corrected chi connectivity index (χ1v) is 7.18. The first-order chi connectivity index (χ1) is 7.77. The van der Waals surface area contributed by atoms with Crippen LogP contribution in [0.15, 0.2) is 0 Å². The second kappa shape index (κ2) is 4.30. The van der Waals surface area contributed by atoms with E-state index in [1.54, 1.807) is 0 Å². The molecule has 3 aliphatic rings. The summed E-state index contributed by atoms with van der Waals surface area (Å²) in [6, 6.07) is 0. The van der Waals surface area contributed by atoms with Crippen LogP contribution in [0.25, 0.3) is 0 Å². The summed E-state index contributed by atoms with van der Waals surface area (Å²) in [4.78, 5) is 2.51. The average molecular weight is 223 g/mol. The van der Waals surface area contributed by atoms with Crippen LogP contribution in [0.2, 0.25) is 0 Å². The number of likely N-dealkylation sites (tertiary alicyclic amines) is 1. The molecular formula is C14H25NO. The van der Waals surface area contributed by atoms with Gasteiger partial charge in [-0.1, -0.05) is 12.8 Å². The smallest absolute Gasteiger partial charge is 0.0695 e. The molecule has 92 valence electrons. The van der Waals surface area contributed by atoms with Gasteiger partial charge in [0.2, 0.25) is 0 Å². The van der Waals surface area contributed by atoms with E-state index in [1.807, 2.05) is 0 Å². The van der Waals surface area contributed by atoms with E-state index in [0.29, 0.717) is 5.92 Å². The van der Waals surface area contributed by atoms with Crippen molar-refractivity contribution in [3.63, 3.8) is 0 Å². The van der Waals surface area contributed by atoms with Gasteiger partial charge >= 0.3 is 0 Å². The van der Waals surface area contributed by atoms with Crippen LogP contribution in [0.3, 0.4) is 0 Å². The van der Waals surface area contributed by atoms with Gasteiger partial charge < -0.3 is 10.0 Å². The van der Waals surface area contributed by atoms with E-state index in [1.165, 1.54) is 64.5 Å². The molecule has 2 saturated carbocycles. The quantitative estimate of drug-likeness (QED) is 0.794. The van der Waals surface area contributed by atoms with Gasteiger partial charge in [-0.15, -0.1) is 0 Å². The Kier molecular flexibility index (Phi) is 2.97. The number of hydrogen-bond acceptors (Lipinski definition) is 2. The lowest BCUT2D eigenvalue weighted by atomic mass is 9.77. The Morgan fingerprint density at radius 2 is 1.69 bits per heavy atom. The van der Waals surface area contributed by atoms with Crippen molar-refractivity contribution < 1.29 is 5.11 Å². The topological polar surface area (TPSA) is 23.5 Å². The predicted octanol–water partition coefficient (Wildman–Crippen LogP) is 2.41. The van der Waals surface area contributed by atoms with Crippen molar-refractivity contribution in [3.05, 3.63) is 0 Å². The molecule has 2 heteroatoms. The van der Waals surface area contributed by atoms with Crippen molar-refractivity contribution in [2.24, 2.45) is 11.3 Å². The minimum absolute atomic E-state index is 0.0300. The fraction of sp³-hybridized carbons (Fsp3) is 1.00. The lowest BCUT2D eigenvalue weighted by Gasteiger charge is -2.40. The van der Waals surface area contributed by atoms with Crippen molar-refractivity contribution in [2.45, 2.75) is 57.5 Å². The Bertz CT molecular complexity index is 233. The monoisotopic (exact) mass is 223 g/mol. The Morgan fingerprint density at radius 1 is 1.06 bits per heavy atom. The number of piperidine rings is 1. The summed E-state index contributed by atoms with van der Waals surface area (Å²) in [5.41, 5.74) is 0.723. The largest absolute Gasteiger partial charge is 0.392 e. The lowest BCUT2D eigenvalue weighted by Crippen LogP contribution is -2.42. The second-order valence-electron chi connectivity index (χ2n) is 6.41. The molecule has 16 heavy (non-hydrogen) atoms. The first-order valence-electron chi connectivity index (χ1n) is 7.18. The predicted molar refractivity (Wildman–Crippen MR) is 65.3 cm³/mol. The van der Waals surface area contributed by atoms with E-state index in [9.17, 15) is 5.11 Å². The third-order valence-electron chi connectivity index (χ3n) is 5.19. The van der Waals surface area contributed by atoms with Gasteiger partial charge in [0.05, 0.1) is 6.10 Å². The molecule has 1 saturated heterocycles. The summed E-state index contributed by atoms with van der Waals surface area (Å²) in [5.74, 6) is 0.641. The van der Waals surface area contributed by atoms with Crippen LogP contribution in [0.5, 0.6) is 0 Å². The number of β-amino-alcohol motifs (C(OH)–C–C–N with tert-alkyl or cyclic N) is 1. The van der Waals surface area contributed by atoms with E-state index < -0.39 is 0 Å². The van der Waals surface area contributed by atoms with Crippen molar-refractivity contribution in [1.29, 1.82) is 0 Å². The third-order valence-corrected chi connectivity index (χ3v) is 5.19. The maximum atomic E-state index is 9.96. The van der Waals surface area contributed by atoms with Gasteiger partial charge in [-0.05, 0) is 62.9 Å². The highest BCUT2D eigenvalue weighted by Crippen LogP contribution is 2.46. The Morgan fingerprint density at radius 3 is 2.25 bits per heavy atom. The van der Waals surface area contributed by atoms with Crippen molar-refractivity contribution >= 4 is 0 Å². The average Bonchev–Trinajstić information content (AvgIpc) is 3.05. The molecule has 1 spiro atoms. The fourth-order valence-electron chi connectivity index (χ4n) is 3.73. The molecule has 2 nitrogen and oxygen atoms in total. The Balaban J connectivity index is 1.46. The highest BCUT2D eigenvalue weighted by molar-refractivity contribution is 4.91. The zero-order valence-corrected chi connectivity index (χ0v) is 10.3. The summed E-state index contributed by atoms with van der Waals surface area (Å²) in [5, 5.41) is 9.96. The van der Waals surface area contributed by atoms with Gasteiger partial charge in [0, 0.05) is 6.54 Å². The molecule has 0 aromatic heterocycles. The molecule has 0 aromatic rings. The van der Waals surface area contributed by atoms with Gasteiger partial charge in [-0.2, -0.15) is 0 Å². The molecule has 0 aromatic carbocycles. The summed E-state index contributed by atoms with van der Waals surface area (Å²) >= 11 is 0. The van der Waals surface area contributed by atoms with Gasteiger partial charge in [-0.25, -0.2) is 0 Å². The van der Waals surface area contributed by atoms with Crippen LogP contribution in [0.1, 0.15) is 51.4 Å². The minimum Gasteiger partial charge on any atom is -0.392 e. The van der Waals surface area contributed by atoms with Crippen molar-refractivity contribution in [2.75, 3.05) is 19.6 Å². The molecule has 0 radical (unpaired) electrons. The van der Waals surface area contributed by atoms with Crippen LogP contribution in [0, 0.1) is 11.3 Å². The molecule has 1 atom stereocenters. The second-order valence-corrected chi connectivity index (χ2v) is 6.41. The highest BCUT2D eigenvalue weighted by atomic mass is 16.3. The zero-order chi connectivity index (χ0) is 11.0. The van der Waals surface area contributed by atoms with Crippen molar-refractivity contribution in [3.8, 4) is 0 Å². The van der Waals surface area contributed by atoms with Crippen LogP contribution in [0.4, 0.5) is 0 Å². The van der Waals surface area contributed by atoms with Crippen LogP contribution < -0.4 is 0 Å². The summed E-state index contributed by atoms with van der Waals surface area (Å²) in [7, 11) is 0. The van der Waals surface area contributed by atoms with Gasteiger partial charge in [0.25, 0.3) is 0 Å².